The van der Waals surface area contributed by atoms with Crippen LogP contribution < -0.4 is 4.90 Å². The van der Waals surface area contributed by atoms with Gasteiger partial charge in [-0.05, 0) is 44.7 Å². The first kappa shape index (κ1) is 15.2. The summed E-state index contributed by atoms with van der Waals surface area (Å²) in [5.41, 5.74) is 6.20. The van der Waals surface area contributed by atoms with Crippen molar-refractivity contribution in [3.63, 3.8) is 0 Å². The Morgan fingerprint density at radius 3 is 2.70 bits per heavy atom. The molecule has 1 aromatic heterocycles. The number of likely N-dealkylation sites (tertiary alicyclic amines) is 1. The normalized spacial score (nSPS) is 20.7. The predicted octanol–water partition coefficient (Wildman–Crippen LogP) is 4.04. The maximum Gasteiger partial charge on any atom is 0.0798 e. The summed E-state index contributed by atoms with van der Waals surface area (Å²) in [6, 6.07) is 10.2. The number of aryl methyl sites for hydroxylation is 1. The van der Waals surface area contributed by atoms with Crippen LogP contribution in [0.4, 0.5) is 5.69 Å². The Morgan fingerprint density at radius 2 is 1.96 bits per heavy atom. The lowest BCUT2D eigenvalue weighted by Gasteiger charge is -2.40. The molecule has 4 rings (SSSR count). The number of rotatable bonds is 3. The number of nitrogens with zero attached hydrogens (tertiary/aromatic N) is 3. The standard InChI is InChI=1S/C19H25N3S/c1-14-19(23-13-20-14)15(2)21-10-8-17(9-11-21)22-12-7-16-5-3-4-6-18(16)22/h3-6,13,15,17H,7-12H2,1-2H3. The molecule has 2 aliphatic rings. The van der Waals surface area contributed by atoms with Crippen LogP contribution in [0, 0.1) is 6.92 Å². The average molecular weight is 327 g/mol. The van der Waals surface area contributed by atoms with Crippen molar-refractivity contribution in [2.24, 2.45) is 0 Å². The fourth-order valence-electron chi connectivity index (χ4n) is 4.21. The van der Waals surface area contributed by atoms with Gasteiger partial charge in [0.15, 0.2) is 0 Å². The monoisotopic (exact) mass is 327 g/mol. The van der Waals surface area contributed by atoms with E-state index in [9.17, 15) is 0 Å². The molecule has 1 aromatic carbocycles. The van der Waals surface area contributed by atoms with E-state index < -0.39 is 0 Å². The molecule has 2 aliphatic heterocycles. The van der Waals surface area contributed by atoms with Gasteiger partial charge in [0.05, 0.1) is 11.2 Å². The van der Waals surface area contributed by atoms with Crippen molar-refractivity contribution in [3.8, 4) is 0 Å². The highest BCUT2D eigenvalue weighted by molar-refractivity contribution is 7.09. The fourth-order valence-corrected chi connectivity index (χ4v) is 5.10. The van der Waals surface area contributed by atoms with Crippen LogP contribution in [0.3, 0.4) is 0 Å². The smallest absolute Gasteiger partial charge is 0.0798 e. The van der Waals surface area contributed by atoms with E-state index in [0.717, 1.165) is 0 Å². The van der Waals surface area contributed by atoms with E-state index in [1.54, 1.807) is 11.3 Å². The number of benzene rings is 1. The molecule has 23 heavy (non-hydrogen) atoms. The zero-order chi connectivity index (χ0) is 15.8. The molecule has 0 amide bonds. The zero-order valence-electron chi connectivity index (χ0n) is 14.0. The molecule has 1 saturated heterocycles. The molecule has 122 valence electrons. The lowest BCUT2D eigenvalue weighted by molar-refractivity contribution is 0.162. The van der Waals surface area contributed by atoms with Gasteiger partial charge in [-0.25, -0.2) is 4.98 Å². The number of thiazole rings is 1. The number of aromatic nitrogens is 1. The number of para-hydroxylation sites is 1. The van der Waals surface area contributed by atoms with E-state index >= 15 is 0 Å². The summed E-state index contributed by atoms with van der Waals surface area (Å²) in [4.78, 5) is 11.2. The van der Waals surface area contributed by atoms with Gasteiger partial charge in [-0.2, -0.15) is 0 Å². The molecule has 0 saturated carbocycles. The van der Waals surface area contributed by atoms with Crippen LogP contribution in [0.25, 0.3) is 0 Å². The van der Waals surface area contributed by atoms with Crippen molar-refractivity contribution in [2.45, 2.75) is 45.2 Å². The van der Waals surface area contributed by atoms with Crippen molar-refractivity contribution in [2.75, 3.05) is 24.5 Å². The van der Waals surface area contributed by atoms with Gasteiger partial charge in [-0.15, -0.1) is 11.3 Å². The van der Waals surface area contributed by atoms with E-state index in [-0.39, 0.29) is 0 Å². The van der Waals surface area contributed by atoms with E-state index in [1.165, 1.54) is 60.7 Å². The Labute approximate surface area is 143 Å². The summed E-state index contributed by atoms with van der Waals surface area (Å²) in [5.74, 6) is 0. The molecular formula is C19H25N3S. The number of fused-ring (bicyclic) bond motifs is 1. The molecule has 1 atom stereocenters. The van der Waals surface area contributed by atoms with Crippen molar-refractivity contribution in [1.29, 1.82) is 0 Å². The van der Waals surface area contributed by atoms with Crippen LogP contribution in [0.15, 0.2) is 29.8 Å². The molecule has 0 spiro atoms. The lowest BCUT2D eigenvalue weighted by atomic mass is 10.0. The molecule has 0 aliphatic carbocycles. The molecule has 1 fully saturated rings. The van der Waals surface area contributed by atoms with Crippen LogP contribution in [-0.4, -0.2) is 35.6 Å². The molecule has 1 unspecified atom stereocenters. The van der Waals surface area contributed by atoms with E-state index in [2.05, 4.69) is 52.9 Å². The Bertz CT molecular complexity index is 673. The van der Waals surface area contributed by atoms with Gasteiger partial charge in [0, 0.05) is 42.3 Å². The predicted molar refractivity (Wildman–Crippen MR) is 97.4 cm³/mol. The van der Waals surface area contributed by atoms with Gasteiger partial charge >= 0.3 is 0 Å². The van der Waals surface area contributed by atoms with Gasteiger partial charge in [-0.1, -0.05) is 18.2 Å². The summed E-state index contributed by atoms with van der Waals surface area (Å²) in [6.07, 6.45) is 3.76. The number of anilines is 1. The second-order valence-corrected chi connectivity index (χ2v) is 7.70. The maximum absolute atomic E-state index is 4.42. The third-order valence-corrected chi connectivity index (χ3v) is 6.67. The largest absolute Gasteiger partial charge is 0.368 e. The summed E-state index contributed by atoms with van der Waals surface area (Å²) >= 11 is 1.80. The zero-order valence-corrected chi connectivity index (χ0v) is 14.9. The summed E-state index contributed by atoms with van der Waals surface area (Å²) in [7, 11) is 0. The summed E-state index contributed by atoms with van der Waals surface area (Å²) in [6.45, 7) is 8.07. The van der Waals surface area contributed by atoms with Crippen molar-refractivity contribution < 1.29 is 0 Å². The molecule has 2 aromatic rings. The van der Waals surface area contributed by atoms with Crippen molar-refractivity contribution >= 4 is 17.0 Å². The van der Waals surface area contributed by atoms with Gasteiger partial charge in [0.1, 0.15) is 0 Å². The Kier molecular flexibility index (Phi) is 4.12. The maximum atomic E-state index is 4.42. The SMILES string of the molecule is Cc1ncsc1C(C)N1CCC(N2CCc3ccccc32)CC1. The quantitative estimate of drug-likeness (QED) is 0.848. The fraction of sp³-hybridized carbons (Fsp3) is 0.526. The minimum Gasteiger partial charge on any atom is -0.368 e. The molecule has 0 bridgehead atoms. The second-order valence-electron chi connectivity index (χ2n) is 6.82. The van der Waals surface area contributed by atoms with E-state index in [0.29, 0.717) is 12.1 Å². The minimum atomic E-state index is 0.509. The molecule has 3 nitrogen and oxygen atoms in total. The topological polar surface area (TPSA) is 19.4 Å². The van der Waals surface area contributed by atoms with Crippen LogP contribution in [0.2, 0.25) is 0 Å². The van der Waals surface area contributed by atoms with E-state index in [1.807, 2.05) is 5.51 Å². The lowest BCUT2D eigenvalue weighted by Crippen LogP contribution is -2.45. The van der Waals surface area contributed by atoms with Crippen LogP contribution in [0.5, 0.6) is 0 Å². The first-order chi connectivity index (χ1) is 11.2. The van der Waals surface area contributed by atoms with Gasteiger partial charge < -0.3 is 4.90 Å². The first-order valence-corrected chi connectivity index (χ1v) is 9.60. The molecule has 3 heterocycles. The van der Waals surface area contributed by atoms with Crippen LogP contribution in [0.1, 0.15) is 41.9 Å². The summed E-state index contributed by atoms with van der Waals surface area (Å²) < 4.78 is 0. The molecular weight excluding hydrogens is 302 g/mol. The third-order valence-electron chi connectivity index (χ3n) is 5.57. The van der Waals surface area contributed by atoms with Crippen LogP contribution in [-0.2, 0) is 6.42 Å². The average Bonchev–Trinajstić information content (AvgIpc) is 3.20. The third kappa shape index (κ3) is 2.79. The van der Waals surface area contributed by atoms with Gasteiger partial charge in [0.25, 0.3) is 0 Å². The Hall–Kier alpha value is -1.39. The van der Waals surface area contributed by atoms with Gasteiger partial charge in [0.2, 0.25) is 0 Å². The van der Waals surface area contributed by atoms with Gasteiger partial charge in [-0.3, -0.25) is 4.90 Å². The Morgan fingerprint density at radius 1 is 1.17 bits per heavy atom. The molecule has 0 N–H and O–H groups in total. The van der Waals surface area contributed by atoms with Crippen molar-refractivity contribution in [1.82, 2.24) is 9.88 Å². The molecule has 0 radical (unpaired) electrons. The minimum absolute atomic E-state index is 0.509. The number of hydrogen-bond acceptors (Lipinski definition) is 4. The first-order valence-electron chi connectivity index (χ1n) is 8.72. The van der Waals surface area contributed by atoms with Crippen LogP contribution >= 0.6 is 11.3 Å². The van der Waals surface area contributed by atoms with E-state index in [4.69, 9.17) is 0 Å². The number of hydrogen-bond donors (Lipinski definition) is 0. The number of piperidine rings is 1. The highest BCUT2D eigenvalue weighted by Gasteiger charge is 2.31. The highest BCUT2D eigenvalue weighted by atomic mass is 32.1. The second kappa shape index (κ2) is 6.25. The molecule has 4 heteroatoms. The highest BCUT2D eigenvalue weighted by Crippen LogP contribution is 2.34. The summed E-state index contributed by atoms with van der Waals surface area (Å²) in [5, 5.41) is 0. The van der Waals surface area contributed by atoms with Crippen molar-refractivity contribution in [3.05, 3.63) is 45.9 Å². The Balaban J connectivity index is 1.41.